The van der Waals surface area contributed by atoms with E-state index < -0.39 is 23.9 Å². The molecule has 1 saturated carbocycles. The number of hydrogen-bond acceptors (Lipinski definition) is 3. The Labute approximate surface area is 128 Å². The maximum atomic E-state index is 14.2. The third-order valence-electron chi connectivity index (χ3n) is 4.35. The number of aryl methyl sites for hydroxylation is 2. The van der Waals surface area contributed by atoms with Crippen LogP contribution in [0.3, 0.4) is 0 Å². The standard InChI is InChI=1S/C15H23F2N3O2/c1-3-12-11(9-20(2)19-12)8-18-13-5-4-10(14(21)22)6-7-15(13,16)17/h9-10,13,18H,3-8H2,1-2H3,(H,21,22)/t10-,13-/m1/s1. The first-order valence-corrected chi connectivity index (χ1v) is 7.69. The highest BCUT2D eigenvalue weighted by molar-refractivity contribution is 5.69. The number of aromatic nitrogens is 2. The van der Waals surface area contributed by atoms with Crippen LogP contribution in [0.15, 0.2) is 6.20 Å². The number of carboxylic acids is 1. The smallest absolute Gasteiger partial charge is 0.306 e. The summed E-state index contributed by atoms with van der Waals surface area (Å²) in [5, 5.41) is 16.2. The Bertz CT molecular complexity index is 531. The number of alkyl halides is 2. The zero-order valence-corrected chi connectivity index (χ0v) is 13.0. The molecular weight excluding hydrogens is 292 g/mol. The van der Waals surface area contributed by atoms with Gasteiger partial charge in [-0.1, -0.05) is 6.92 Å². The van der Waals surface area contributed by atoms with E-state index in [4.69, 9.17) is 5.11 Å². The second-order valence-corrected chi connectivity index (χ2v) is 5.97. The minimum absolute atomic E-state index is 0.0353. The summed E-state index contributed by atoms with van der Waals surface area (Å²) in [6.07, 6.45) is 2.70. The second-order valence-electron chi connectivity index (χ2n) is 5.97. The average molecular weight is 315 g/mol. The van der Waals surface area contributed by atoms with Gasteiger partial charge in [0.2, 0.25) is 0 Å². The highest BCUT2D eigenvalue weighted by Crippen LogP contribution is 2.35. The number of carboxylic acid groups (broad SMARTS) is 1. The van der Waals surface area contributed by atoms with Crippen molar-refractivity contribution in [1.82, 2.24) is 15.1 Å². The lowest BCUT2D eigenvalue weighted by atomic mass is 10.0. The zero-order chi connectivity index (χ0) is 16.3. The largest absolute Gasteiger partial charge is 0.481 e. The zero-order valence-electron chi connectivity index (χ0n) is 13.0. The molecule has 2 N–H and O–H groups in total. The Morgan fingerprint density at radius 2 is 2.23 bits per heavy atom. The van der Waals surface area contributed by atoms with Crippen molar-refractivity contribution in [3.8, 4) is 0 Å². The van der Waals surface area contributed by atoms with Crippen molar-refractivity contribution in [2.45, 2.75) is 57.5 Å². The van der Waals surface area contributed by atoms with E-state index in [0.717, 1.165) is 17.7 Å². The number of hydrogen-bond donors (Lipinski definition) is 2. The van der Waals surface area contributed by atoms with E-state index in [2.05, 4.69) is 10.4 Å². The number of nitrogens with zero attached hydrogens (tertiary/aromatic N) is 2. The van der Waals surface area contributed by atoms with E-state index in [-0.39, 0.29) is 25.7 Å². The van der Waals surface area contributed by atoms with Crippen molar-refractivity contribution in [3.63, 3.8) is 0 Å². The molecule has 5 nitrogen and oxygen atoms in total. The predicted octanol–water partition coefficient (Wildman–Crippen LogP) is 2.35. The normalized spacial score (nSPS) is 24.9. The Kier molecular flexibility index (Phi) is 5.16. The van der Waals surface area contributed by atoms with E-state index in [9.17, 15) is 13.6 Å². The molecule has 0 spiro atoms. The summed E-state index contributed by atoms with van der Waals surface area (Å²) in [7, 11) is 1.81. The van der Waals surface area contributed by atoms with Crippen molar-refractivity contribution >= 4 is 5.97 Å². The molecule has 0 bridgehead atoms. The third kappa shape index (κ3) is 3.82. The van der Waals surface area contributed by atoms with Gasteiger partial charge in [0, 0.05) is 31.8 Å². The van der Waals surface area contributed by atoms with Crippen LogP contribution in [-0.2, 0) is 24.8 Å². The minimum Gasteiger partial charge on any atom is -0.481 e. The Morgan fingerprint density at radius 1 is 1.50 bits per heavy atom. The average Bonchev–Trinajstić information content (AvgIpc) is 2.72. The van der Waals surface area contributed by atoms with Gasteiger partial charge in [0.05, 0.1) is 17.7 Å². The molecule has 7 heteroatoms. The molecule has 0 saturated heterocycles. The molecule has 2 rings (SSSR count). The SMILES string of the molecule is CCc1nn(C)cc1CN[C@@H]1CC[C@@H](C(=O)O)CCC1(F)F. The summed E-state index contributed by atoms with van der Waals surface area (Å²) < 4.78 is 30.0. The van der Waals surface area contributed by atoms with Crippen molar-refractivity contribution in [2.75, 3.05) is 0 Å². The minimum atomic E-state index is -2.88. The molecule has 1 fully saturated rings. The molecule has 0 amide bonds. The third-order valence-corrected chi connectivity index (χ3v) is 4.35. The molecule has 0 aliphatic heterocycles. The molecule has 1 aromatic rings. The van der Waals surface area contributed by atoms with Gasteiger partial charge in [-0.25, -0.2) is 8.78 Å². The van der Waals surface area contributed by atoms with E-state index in [0.29, 0.717) is 6.54 Å². The molecule has 1 aliphatic carbocycles. The lowest BCUT2D eigenvalue weighted by Gasteiger charge is -2.25. The van der Waals surface area contributed by atoms with Crippen molar-refractivity contribution in [2.24, 2.45) is 13.0 Å². The predicted molar refractivity (Wildman–Crippen MR) is 77.8 cm³/mol. The molecule has 0 aromatic carbocycles. The Hall–Kier alpha value is -1.50. The topological polar surface area (TPSA) is 67.2 Å². The summed E-state index contributed by atoms with van der Waals surface area (Å²) >= 11 is 0. The van der Waals surface area contributed by atoms with E-state index in [1.165, 1.54) is 0 Å². The Balaban J connectivity index is 2.02. The van der Waals surface area contributed by atoms with Crippen molar-refractivity contribution < 1.29 is 18.7 Å². The highest BCUT2D eigenvalue weighted by Gasteiger charge is 2.42. The number of halogens is 2. The quantitative estimate of drug-likeness (QED) is 0.819. The molecular formula is C15H23F2N3O2. The fourth-order valence-electron chi connectivity index (χ4n) is 3.02. The molecule has 124 valence electrons. The van der Waals surface area contributed by atoms with Crippen LogP contribution >= 0.6 is 0 Å². The Morgan fingerprint density at radius 3 is 2.86 bits per heavy atom. The first-order valence-electron chi connectivity index (χ1n) is 7.69. The first-order chi connectivity index (χ1) is 10.3. The molecule has 2 atom stereocenters. The number of aliphatic carboxylic acids is 1. The molecule has 1 heterocycles. The molecule has 1 aromatic heterocycles. The summed E-state index contributed by atoms with van der Waals surface area (Å²) in [4.78, 5) is 11.0. The van der Waals surface area contributed by atoms with Gasteiger partial charge >= 0.3 is 5.97 Å². The van der Waals surface area contributed by atoms with Gasteiger partial charge in [-0.15, -0.1) is 0 Å². The lowest BCUT2D eigenvalue weighted by molar-refractivity contribution is -0.142. The number of nitrogens with one attached hydrogen (secondary N) is 1. The van der Waals surface area contributed by atoms with Gasteiger partial charge in [-0.05, 0) is 25.7 Å². The van der Waals surface area contributed by atoms with Crippen molar-refractivity contribution in [1.29, 1.82) is 0 Å². The summed E-state index contributed by atoms with van der Waals surface area (Å²) in [5.74, 6) is -4.52. The van der Waals surface area contributed by atoms with Crippen LogP contribution in [0.25, 0.3) is 0 Å². The van der Waals surface area contributed by atoms with Gasteiger partial charge in [-0.2, -0.15) is 5.10 Å². The maximum absolute atomic E-state index is 14.2. The number of rotatable bonds is 5. The van der Waals surface area contributed by atoms with Crippen molar-refractivity contribution in [3.05, 3.63) is 17.5 Å². The molecule has 1 aliphatic rings. The fourth-order valence-corrected chi connectivity index (χ4v) is 3.02. The van der Waals surface area contributed by atoms with Crippen LogP contribution in [0, 0.1) is 5.92 Å². The van der Waals surface area contributed by atoms with Crippen LogP contribution in [-0.4, -0.2) is 32.8 Å². The van der Waals surface area contributed by atoms with Crippen LogP contribution in [0.4, 0.5) is 8.78 Å². The van der Waals surface area contributed by atoms with Crippen LogP contribution in [0.1, 0.15) is 43.9 Å². The fraction of sp³-hybridized carbons (Fsp3) is 0.733. The van der Waals surface area contributed by atoms with E-state index in [1.54, 1.807) is 11.7 Å². The summed E-state index contributed by atoms with van der Waals surface area (Å²) in [5.41, 5.74) is 1.81. The van der Waals surface area contributed by atoms with E-state index in [1.807, 2.05) is 13.1 Å². The molecule has 22 heavy (non-hydrogen) atoms. The molecule has 0 radical (unpaired) electrons. The first kappa shape index (κ1) is 16.9. The van der Waals surface area contributed by atoms with Gasteiger partial charge < -0.3 is 10.4 Å². The van der Waals surface area contributed by atoms with Crippen LogP contribution in [0.2, 0.25) is 0 Å². The second kappa shape index (κ2) is 6.73. The number of carbonyl (C=O) groups is 1. The van der Waals surface area contributed by atoms with Gasteiger partial charge in [-0.3, -0.25) is 9.48 Å². The van der Waals surface area contributed by atoms with E-state index >= 15 is 0 Å². The van der Waals surface area contributed by atoms with Crippen LogP contribution in [0.5, 0.6) is 0 Å². The van der Waals surface area contributed by atoms with Gasteiger partial charge in [0.15, 0.2) is 0 Å². The van der Waals surface area contributed by atoms with Gasteiger partial charge in [0.1, 0.15) is 0 Å². The maximum Gasteiger partial charge on any atom is 0.306 e. The summed E-state index contributed by atoms with van der Waals surface area (Å²) in [6, 6.07) is -0.984. The monoisotopic (exact) mass is 315 g/mol. The van der Waals surface area contributed by atoms with Gasteiger partial charge in [0.25, 0.3) is 5.92 Å². The van der Waals surface area contributed by atoms with Crippen LogP contribution < -0.4 is 5.32 Å². The molecule has 0 unspecified atom stereocenters. The highest BCUT2D eigenvalue weighted by atomic mass is 19.3. The lowest BCUT2D eigenvalue weighted by Crippen LogP contribution is -2.43. The summed E-state index contributed by atoms with van der Waals surface area (Å²) in [6.45, 7) is 2.30.